The Labute approximate surface area is 153 Å². The fourth-order valence-corrected chi connectivity index (χ4v) is 2.74. The van der Waals surface area contributed by atoms with Crippen molar-refractivity contribution in [2.75, 3.05) is 23.3 Å². The van der Waals surface area contributed by atoms with Crippen LogP contribution < -0.4 is 10.2 Å². The number of aromatic nitrogens is 2. The van der Waals surface area contributed by atoms with Gasteiger partial charge in [0.05, 0.1) is 0 Å². The van der Waals surface area contributed by atoms with Crippen LogP contribution >= 0.6 is 0 Å². The van der Waals surface area contributed by atoms with Crippen LogP contribution in [0.25, 0.3) is 0 Å². The highest BCUT2D eigenvalue weighted by Crippen LogP contribution is 2.15. The van der Waals surface area contributed by atoms with E-state index in [0.29, 0.717) is 12.5 Å². The fourth-order valence-electron chi connectivity index (χ4n) is 2.74. The summed E-state index contributed by atoms with van der Waals surface area (Å²) < 4.78 is 12.9. The zero-order valence-electron chi connectivity index (χ0n) is 14.9. The molecule has 5 heteroatoms. The molecule has 0 saturated heterocycles. The van der Waals surface area contributed by atoms with Crippen LogP contribution in [0.4, 0.5) is 16.2 Å². The predicted molar refractivity (Wildman–Crippen MR) is 104 cm³/mol. The lowest BCUT2D eigenvalue weighted by Gasteiger charge is -2.22. The Bertz CT molecular complexity index is 806. The van der Waals surface area contributed by atoms with Crippen LogP contribution in [0.15, 0.2) is 66.9 Å². The third kappa shape index (κ3) is 5.02. The lowest BCUT2D eigenvalue weighted by molar-refractivity contribution is 0.627. The van der Waals surface area contributed by atoms with Gasteiger partial charge in [-0.25, -0.2) is 9.37 Å². The van der Waals surface area contributed by atoms with E-state index in [0.717, 1.165) is 30.9 Å². The molecule has 0 aliphatic carbocycles. The average Bonchev–Trinajstić information content (AvgIpc) is 2.69. The van der Waals surface area contributed by atoms with Gasteiger partial charge < -0.3 is 10.2 Å². The normalized spacial score (nSPS) is 10.5. The van der Waals surface area contributed by atoms with E-state index >= 15 is 0 Å². The Kier molecular flexibility index (Phi) is 6.14. The number of nitrogens with one attached hydrogen (secondary N) is 1. The molecule has 4 nitrogen and oxygen atoms in total. The van der Waals surface area contributed by atoms with Crippen molar-refractivity contribution in [2.45, 2.75) is 19.9 Å². The molecule has 1 N–H and O–H groups in total. The molecular formula is C21H23FN4. The summed E-state index contributed by atoms with van der Waals surface area (Å²) in [5.41, 5.74) is 2.33. The van der Waals surface area contributed by atoms with Crippen molar-refractivity contribution in [2.24, 2.45) is 0 Å². The number of anilines is 2. The lowest BCUT2D eigenvalue weighted by atomic mass is 10.1. The maximum atomic E-state index is 12.9. The van der Waals surface area contributed by atoms with Crippen molar-refractivity contribution in [3.63, 3.8) is 0 Å². The van der Waals surface area contributed by atoms with E-state index in [2.05, 4.69) is 39.2 Å². The van der Waals surface area contributed by atoms with Gasteiger partial charge in [-0.3, -0.25) is 0 Å². The number of hydrogen-bond donors (Lipinski definition) is 1. The van der Waals surface area contributed by atoms with Gasteiger partial charge in [0.15, 0.2) is 0 Å². The fraction of sp³-hybridized carbons (Fsp3) is 0.238. The summed E-state index contributed by atoms with van der Waals surface area (Å²) in [4.78, 5) is 11.1. The van der Waals surface area contributed by atoms with Crippen molar-refractivity contribution < 1.29 is 4.39 Å². The summed E-state index contributed by atoms with van der Waals surface area (Å²) in [7, 11) is 0. The van der Waals surface area contributed by atoms with E-state index in [1.54, 1.807) is 18.3 Å². The van der Waals surface area contributed by atoms with Crippen molar-refractivity contribution in [3.8, 4) is 0 Å². The maximum absolute atomic E-state index is 12.9. The molecular weight excluding hydrogens is 327 g/mol. The molecule has 134 valence electrons. The topological polar surface area (TPSA) is 41.1 Å². The first-order chi connectivity index (χ1) is 12.7. The van der Waals surface area contributed by atoms with Gasteiger partial charge in [0, 0.05) is 25.8 Å². The first-order valence-electron chi connectivity index (χ1n) is 8.85. The minimum Gasteiger partial charge on any atom is -0.354 e. The Hall–Kier alpha value is -2.95. The summed E-state index contributed by atoms with van der Waals surface area (Å²) in [6.07, 6.45) is 2.56. The maximum Gasteiger partial charge on any atom is 0.224 e. The van der Waals surface area contributed by atoms with Gasteiger partial charge >= 0.3 is 0 Å². The predicted octanol–water partition coefficient (Wildman–Crippen LogP) is 4.30. The third-order valence-corrected chi connectivity index (χ3v) is 4.17. The molecule has 0 fully saturated rings. The summed E-state index contributed by atoms with van der Waals surface area (Å²) in [6.45, 7) is 4.48. The minimum atomic E-state index is -0.212. The zero-order chi connectivity index (χ0) is 18.2. The molecule has 3 aromatic rings. The molecule has 26 heavy (non-hydrogen) atoms. The first kappa shape index (κ1) is 17.9. The Morgan fingerprint density at radius 1 is 0.962 bits per heavy atom. The second-order valence-corrected chi connectivity index (χ2v) is 6.04. The molecule has 0 aliphatic heterocycles. The quantitative estimate of drug-likeness (QED) is 0.658. The van der Waals surface area contributed by atoms with Gasteiger partial charge in [0.2, 0.25) is 5.95 Å². The zero-order valence-corrected chi connectivity index (χ0v) is 14.9. The number of benzene rings is 2. The Balaban J connectivity index is 1.60. The smallest absolute Gasteiger partial charge is 0.224 e. The molecule has 0 radical (unpaired) electrons. The molecule has 0 unspecified atom stereocenters. The second-order valence-electron chi connectivity index (χ2n) is 6.04. The summed E-state index contributed by atoms with van der Waals surface area (Å²) in [6, 6.07) is 18.8. The average molecular weight is 350 g/mol. The van der Waals surface area contributed by atoms with Gasteiger partial charge in [-0.05, 0) is 42.7 Å². The SMILES string of the molecule is CCN(Cc1ccccc1)c1ccnc(NCCc2ccc(F)cc2)n1. The van der Waals surface area contributed by atoms with Gasteiger partial charge in [-0.2, -0.15) is 4.98 Å². The van der Waals surface area contributed by atoms with E-state index in [4.69, 9.17) is 0 Å². The third-order valence-electron chi connectivity index (χ3n) is 4.17. The molecule has 0 atom stereocenters. The van der Waals surface area contributed by atoms with Gasteiger partial charge in [0.1, 0.15) is 11.6 Å². The summed E-state index contributed by atoms with van der Waals surface area (Å²) >= 11 is 0. The Morgan fingerprint density at radius 3 is 2.46 bits per heavy atom. The molecule has 0 aliphatic rings. The van der Waals surface area contributed by atoms with Gasteiger partial charge in [0.25, 0.3) is 0 Å². The van der Waals surface area contributed by atoms with E-state index in [9.17, 15) is 4.39 Å². The van der Waals surface area contributed by atoms with Gasteiger partial charge in [-0.15, -0.1) is 0 Å². The second kappa shape index (κ2) is 8.94. The number of nitrogens with zero attached hydrogens (tertiary/aromatic N) is 3. The molecule has 2 aromatic carbocycles. The Morgan fingerprint density at radius 2 is 1.73 bits per heavy atom. The summed E-state index contributed by atoms with van der Waals surface area (Å²) in [5.74, 6) is 1.29. The van der Waals surface area contributed by atoms with Crippen LogP contribution in [0.3, 0.4) is 0 Å². The molecule has 0 bridgehead atoms. The summed E-state index contributed by atoms with van der Waals surface area (Å²) in [5, 5.41) is 3.25. The van der Waals surface area contributed by atoms with Crippen LogP contribution in [0, 0.1) is 5.82 Å². The van der Waals surface area contributed by atoms with Crippen molar-refractivity contribution >= 4 is 11.8 Å². The van der Waals surface area contributed by atoms with Crippen molar-refractivity contribution in [1.29, 1.82) is 0 Å². The van der Waals surface area contributed by atoms with Crippen LogP contribution in [0.2, 0.25) is 0 Å². The van der Waals surface area contributed by atoms with Crippen molar-refractivity contribution in [1.82, 2.24) is 9.97 Å². The van der Waals surface area contributed by atoms with E-state index in [1.807, 2.05) is 24.3 Å². The van der Waals surface area contributed by atoms with Crippen molar-refractivity contribution in [3.05, 3.63) is 83.8 Å². The molecule has 1 aromatic heterocycles. The van der Waals surface area contributed by atoms with Gasteiger partial charge in [-0.1, -0.05) is 42.5 Å². The minimum absolute atomic E-state index is 0.212. The number of hydrogen-bond acceptors (Lipinski definition) is 4. The highest BCUT2D eigenvalue weighted by molar-refractivity contribution is 5.43. The standard InChI is InChI=1S/C21H23FN4/c1-2-26(16-18-6-4-3-5-7-18)20-13-15-24-21(25-20)23-14-12-17-8-10-19(22)11-9-17/h3-11,13,15H,2,12,14,16H2,1H3,(H,23,24,25). The number of rotatable bonds is 8. The van der Waals surface area contributed by atoms with Crippen LogP contribution in [0.1, 0.15) is 18.1 Å². The molecule has 1 heterocycles. The van der Waals surface area contributed by atoms with Crippen LogP contribution in [-0.4, -0.2) is 23.1 Å². The molecule has 0 spiro atoms. The van der Waals surface area contributed by atoms with Crippen LogP contribution in [-0.2, 0) is 13.0 Å². The van der Waals surface area contributed by atoms with E-state index < -0.39 is 0 Å². The van der Waals surface area contributed by atoms with E-state index in [1.165, 1.54) is 17.7 Å². The molecule has 0 amide bonds. The molecule has 3 rings (SSSR count). The van der Waals surface area contributed by atoms with E-state index in [-0.39, 0.29) is 5.82 Å². The highest BCUT2D eigenvalue weighted by Gasteiger charge is 2.08. The first-order valence-corrected chi connectivity index (χ1v) is 8.85. The number of halogens is 1. The highest BCUT2D eigenvalue weighted by atomic mass is 19.1. The van der Waals surface area contributed by atoms with Crippen LogP contribution in [0.5, 0.6) is 0 Å². The monoisotopic (exact) mass is 350 g/mol. The lowest BCUT2D eigenvalue weighted by Crippen LogP contribution is -2.23. The largest absolute Gasteiger partial charge is 0.354 e. The molecule has 0 saturated carbocycles.